The first-order valence-corrected chi connectivity index (χ1v) is 8.94. The first-order valence-electron chi connectivity index (χ1n) is 8.94. The van der Waals surface area contributed by atoms with E-state index in [0.29, 0.717) is 0 Å². The Balaban J connectivity index is -0.000000354. The van der Waals surface area contributed by atoms with Crippen LogP contribution in [0.3, 0.4) is 0 Å². The summed E-state index contributed by atoms with van der Waals surface area (Å²) >= 11 is 0. The van der Waals surface area contributed by atoms with Crippen LogP contribution in [-0.4, -0.2) is 92.0 Å². The third kappa shape index (κ3) is 22.9. The lowest BCUT2D eigenvalue weighted by Gasteiger charge is -1.99. The molecule has 1 aliphatic rings. The van der Waals surface area contributed by atoms with E-state index in [9.17, 15) is 28.8 Å². The highest BCUT2D eigenvalue weighted by molar-refractivity contribution is 5.83. The summed E-state index contributed by atoms with van der Waals surface area (Å²) in [6, 6.07) is -3.45. The predicted molar refractivity (Wildman–Crippen MR) is 107 cm³/mol. The van der Waals surface area contributed by atoms with Gasteiger partial charge >= 0.3 is 29.8 Å². The van der Waals surface area contributed by atoms with Gasteiger partial charge in [-0.2, -0.15) is 0 Å². The summed E-state index contributed by atoms with van der Waals surface area (Å²) in [5.41, 5.74) is 19.2. The number of amides is 1. The van der Waals surface area contributed by atoms with Crippen LogP contribution in [-0.2, 0) is 28.8 Å². The van der Waals surface area contributed by atoms with Gasteiger partial charge in [0.05, 0.1) is 12.8 Å². The lowest BCUT2D eigenvalue weighted by molar-refractivity contribution is -0.144. The van der Waals surface area contributed by atoms with E-state index in [1.165, 1.54) is 6.92 Å². The third-order valence-corrected chi connectivity index (χ3v) is 3.20. The van der Waals surface area contributed by atoms with Crippen molar-refractivity contribution < 1.29 is 54.3 Å². The molecule has 186 valence electrons. The highest BCUT2D eigenvalue weighted by Gasteiger charge is 2.20. The fraction of sp³-hybridized carbons (Fsp3) is 0.625. The minimum atomic E-state index is -1.29. The van der Waals surface area contributed by atoms with Gasteiger partial charge in [-0.3, -0.25) is 28.8 Å². The van der Waals surface area contributed by atoms with E-state index in [1.807, 2.05) is 0 Å². The van der Waals surface area contributed by atoms with Crippen LogP contribution in [0, 0.1) is 0 Å². The van der Waals surface area contributed by atoms with Gasteiger partial charge in [-0.1, -0.05) is 0 Å². The standard InChI is InChI=1S/C5H9NO2.C4H8N2O3.C4H7NO4.C3H7NO2/c7-5(8)4-2-1-3-6-4;2*5-2(4(8)9)1-3(6)7;1-2(4)3(5)6/h4,6H,1-3H2,(H,7,8);2H,1,5H2,(H2,6,7)(H,8,9);2H,1,5H2,(H,6,7)(H,8,9);2H,4H2,1H3,(H,5,6). The molecule has 1 amide bonds. The van der Waals surface area contributed by atoms with Crippen molar-refractivity contribution in [3.05, 3.63) is 0 Å². The molecular weight excluding hydrogens is 438 g/mol. The number of carboxylic acid groups (broad SMARTS) is 5. The molecule has 14 N–H and O–H groups in total. The van der Waals surface area contributed by atoms with Gasteiger partial charge in [0.1, 0.15) is 24.2 Å². The van der Waals surface area contributed by atoms with Gasteiger partial charge in [-0.05, 0) is 26.3 Å². The van der Waals surface area contributed by atoms with Gasteiger partial charge in [-0.15, -0.1) is 0 Å². The lowest BCUT2D eigenvalue weighted by atomic mass is 10.2. The van der Waals surface area contributed by atoms with E-state index in [-0.39, 0.29) is 12.5 Å². The molecule has 0 spiro atoms. The Bertz CT molecular complexity index is 604. The molecule has 1 saturated heterocycles. The van der Waals surface area contributed by atoms with E-state index in [0.717, 1.165) is 19.4 Å². The van der Waals surface area contributed by atoms with Gasteiger partial charge in [0.25, 0.3) is 0 Å². The van der Waals surface area contributed by atoms with E-state index < -0.39 is 60.3 Å². The fourth-order valence-electron chi connectivity index (χ4n) is 1.47. The van der Waals surface area contributed by atoms with Crippen molar-refractivity contribution in [1.29, 1.82) is 0 Å². The fourth-order valence-corrected chi connectivity index (χ4v) is 1.47. The lowest BCUT2D eigenvalue weighted by Crippen LogP contribution is -2.34. The number of carboxylic acids is 5. The van der Waals surface area contributed by atoms with E-state index >= 15 is 0 Å². The molecule has 0 aliphatic carbocycles. The first-order chi connectivity index (χ1) is 14.5. The minimum absolute atomic E-state index is 0.269. The smallest absolute Gasteiger partial charge is 0.321 e. The van der Waals surface area contributed by atoms with Crippen LogP contribution in [0.25, 0.3) is 0 Å². The second-order valence-corrected chi connectivity index (χ2v) is 6.27. The van der Waals surface area contributed by atoms with Crippen molar-refractivity contribution in [2.24, 2.45) is 22.9 Å². The maximum Gasteiger partial charge on any atom is 0.321 e. The van der Waals surface area contributed by atoms with E-state index in [2.05, 4.69) is 11.1 Å². The number of hydrogen-bond donors (Lipinski definition) is 10. The van der Waals surface area contributed by atoms with E-state index in [1.54, 1.807) is 0 Å². The average Bonchev–Trinajstić information content (AvgIpc) is 3.17. The highest BCUT2D eigenvalue weighted by Crippen LogP contribution is 2.03. The molecule has 1 fully saturated rings. The van der Waals surface area contributed by atoms with Crippen LogP contribution < -0.4 is 28.3 Å². The van der Waals surface area contributed by atoms with Crippen molar-refractivity contribution in [2.45, 2.75) is 56.8 Å². The molecule has 16 heteroatoms. The molecule has 32 heavy (non-hydrogen) atoms. The Kier molecular flexibility index (Phi) is 19.2. The molecule has 0 aromatic heterocycles. The summed E-state index contributed by atoms with van der Waals surface area (Å²) in [5.74, 6) is -6.10. The molecule has 4 unspecified atom stereocenters. The van der Waals surface area contributed by atoms with Crippen LogP contribution in [0.15, 0.2) is 0 Å². The van der Waals surface area contributed by atoms with Gasteiger partial charge in [0.2, 0.25) is 5.91 Å². The summed E-state index contributed by atoms with van der Waals surface area (Å²) in [4.78, 5) is 59.2. The minimum Gasteiger partial charge on any atom is -0.481 e. The number of primary amides is 1. The number of hydrogen-bond acceptors (Lipinski definition) is 10. The zero-order valence-electron chi connectivity index (χ0n) is 17.3. The molecule has 0 aromatic rings. The van der Waals surface area contributed by atoms with Gasteiger partial charge in [0, 0.05) is 0 Å². The van der Waals surface area contributed by atoms with Crippen molar-refractivity contribution in [2.75, 3.05) is 6.54 Å². The summed E-state index contributed by atoms with van der Waals surface area (Å²) in [5, 5.41) is 43.2. The summed E-state index contributed by atoms with van der Waals surface area (Å²) in [7, 11) is 0. The molecule has 4 atom stereocenters. The second kappa shape index (κ2) is 18.4. The van der Waals surface area contributed by atoms with Crippen LogP contribution in [0.1, 0.15) is 32.6 Å². The van der Waals surface area contributed by atoms with Crippen LogP contribution >= 0.6 is 0 Å². The van der Waals surface area contributed by atoms with Crippen LogP contribution in [0.2, 0.25) is 0 Å². The Morgan fingerprint density at radius 3 is 1.38 bits per heavy atom. The number of aliphatic carboxylic acids is 5. The van der Waals surface area contributed by atoms with Crippen molar-refractivity contribution in [3.8, 4) is 0 Å². The zero-order chi connectivity index (χ0) is 26.0. The molecule has 0 bridgehead atoms. The second-order valence-electron chi connectivity index (χ2n) is 6.27. The normalized spacial score (nSPS) is 16.7. The molecule has 1 rings (SSSR count). The Hall–Kier alpha value is -3.34. The molecule has 0 aromatic carbocycles. The number of carbonyl (C=O) groups excluding carboxylic acids is 1. The molecular formula is C16H31N5O11. The van der Waals surface area contributed by atoms with Crippen LogP contribution in [0.5, 0.6) is 0 Å². The number of nitrogens with two attached hydrogens (primary N) is 4. The number of rotatable bonds is 8. The molecule has 1 aliphatic heterocycles. The summed E-state index contributed by atoms with van der Waals surface area (Å²) < 4.78 is 0. The SMILES string of the molecule is CC(N)C(=O)O.NC(=O)CC(N)C(=O)O.NC(CC(=O)O)C(=O)O.O=C(O)C1CCCN1. The quantitative estimate of drug-likeness (QED) is 0.164. The van der Waals surface area contributed by atoms with Crippen molar-refractivity contribution in [1.82, 2.24) is 5.32 Å². The van der Waals surface area contributed by atoms with Crippen molar-refractivity contribution in [3.63, 3.8) is 0 Å². The predicted octanol–water partition coefficient (Wildman–Crippen LogP) is -3.61. The molecule has 16 nitrogen and oxygen atoms in total. The van der Waals surface area contributed by atoms with Gasteiger partial charge < -0.3 is 53.8 Å². The molecule has 0 radical (unpaired) electrons. The summed E-state index contributed by atoms with van der Waals surface area (Å²) in [6.45, 7) is 2.28. The van der Waals surface area contributed by atoms with Gasteiger partial charge in [0.15, 0.2) is 0 Å². The maximum absolute atomic E-state index is 10.1. The first kappa shape index (κ1) is 33.3. The highest BCUT2D eigenvalue weighted by atomic mass is 16.4. The molecule has 0 saturated carbocycles. The summed E-state index contributed by atoms with van der Waals surface area (Å²) in [6.07, 6.45) is 0.941. The van der Waals surface area contributed by atoms with Crippen molar-refractivity contribution >= 4 is 35.8 Å². The Labute approximate surface area is 182 Å². The third-order valence-electron chi connectivity index (χ3n) is 3.20. The largest absolute Gasteiger partial charge is 0.481 e. The van der Waals surface area contributed by atoms with Gasteiger partial charge in [-0.25, -0.2) is 0 Å². The zero-order valence-corrected chi connectivity index (χ0v) is 17.3. The monoisotopic (exact) mass is 469 g/mol. The topological polar surface area (TPSA) is 320 Å². The van der Waals surface area contributed by atoms with E-state index in [4.69, 9.17) is 42.7 Å². The Morgan fingerprint density at radius 2 is 1.25 bits per heavy atom. The van der Waals surface area contributed by atoms with Crippen LogP contribution in [0.4, 0.5) is 0 Å². The average molecular weight is 469 g/mol. The number of carbonyl (C=O) groups is 6. The maximum atomic E-state index is 10.1. The number of nitrogens with one attached hydrogen (secondary N) is 1. The Morgan fingerprint density at radius 1 is 0.844 bits per heavy atom. The molecule has 1 heterocycles.